The van der Waals surface area contributed by atoms with Crippen LogP contribution in [0, 0.1) is 0 Å². The van der Waals surface area contributed by atoms with Crippen molar-refractivity contribution in [2.45, 2.75) is 134 Å². The molecular formula is C54H74O10Si2. The van der Waals surface area contributed by atoms with Crippen molar-refractivity contribution in [3.8, 4) is 0 Å². The molecule has 2 aliphatic heterocycles. The third-order valence-electron chi connectivity index (χ3n) is 12.4. The number of methoxy groups -OCH3 is 2. The fraction of sp³-hybridized carbons (Fsp3) is 0.463. The van der Waals surface area contributed by atoms with Gasteiger partial charge in [-0.05, 0) is 64.6 Å². The Labute approximate surface area is 396 Å². The topological polar surface area (TPSA) is 111 Å². The first-order valence-corrected chi connectivity index (χ1v) is 26.7. The molecule has 1 N–H and O–H groups in total. The van der Waals surface area contributed by atoms with E-state index in [4.69, 9.17) is 37.3 Å². The van der Waals surface area contributed by atoms with Gasteiger partial charge in [0.25, 0.3) is 16.6 Å². The van der Waals surface area contributed by atoms with E-state index in [9.17, 15) is 9.90 Å². The van der Waals surface area contributed by atoms with Gasteiger partial charge in [0.05, 0.1) is 13.2 Å². The molecule has 0 saturated carbocycles. The Morgan fingerprint density at radius 3 is 1.23 bits per heavy atom. The number of carbonyl (C=O) groups is 1. The second kappa shape index (κ2) is 22.0. The molecule has 0 aromatic heterocycles. The lowest BCUT2D eigenvalue weighted by Gasteiger charge is -2.43. The summed E-state index contributed by atoms with van der Waals surface area (Å²) < 4.78 is 50.0. The Hall–Kier alpha value is -3.90. The van der Waals surface area contributed by atoms with Gasteiger partial charge in [0.15, 0.2) is 17.4 Å². The van der Waals surface area contributed by atoms with Crippen LogP contribution in [0.3, 0.4) is 0 Å². The van der Waals surface area contributed by atoms with Gasteiger partial charge >= 0.3 is 0 Å². The number of ketones is 1. The molecule has 66 heavy (non-hydrogen) atoms. The maximum Gasteiger partial charge on any atom is 0.261 e. The standard InChI is InChI=1S/C27H38O5Si.C27H36O5Si/c2*1-8-22(28)24(29-7)25-23(31-27(5,6)32-25)19-30-33(26(2,3)4,20-15-11-9-12-16-20)21-17-13-10-14-18-21/h8-18,22-25,28H,1,19H2,2-7H3;8-18,23-25H,1,19H2,2-7H3/t22-,23-,24-,25-;23-,24-,25-/m00/s1. The summed E-state index contributed by atoms with van der Waals surface area (Å²) >= 11 is 0. The summed E-state index contributed by atoms with van der Waals surface area (Å²) in [5.41, 5.74) is 0. The quantitative estimate of drug-likeness (QED) is 0.0612. The molecule has 6 rings (SSSR count). The van der Waals surface area contributed by atoms with E-state index in [-0.39, 0.29) is 22.5 Å². The Balaban J connectivity index is 0.000000247. The predicted octanol–water partition coefficient (Wildman–Crippen LogP) is 7.50. The van der Waals surface area contributed by atoms with Crippen LogP contribution in [-0.2, 0) is 42.1 Å². The molecule has 0 radical (unpaired) electrons. The van der Waals surface area contributed by atoms with Crippen molar-refractivity contribution in [3.05, 3.63) is 147 Å². The second-order valence-electron chi connectivity index (χ2n) is 19.9. The lowest BCUT2D eigenvalue weighted by atomic mass is 10.0. The minimum Gasteiger partial charge on any atom is -0.405 e. The molecule has 0 unspecified atom stereocenters. The van der Waals surface area contributed by atoms with Crippen molar-refractivity contribution in [2.24, 2.45) is 0 Å². The molecule has 0 amide bonds. The summed E-state index contributed by atoms with van der Waals surface area (Å²) in [5, 5.41) is 14.9. The summed E-state index contributed by atoms with van der Waals surface area (Å²) in [4.78, 5) is 12.5. The molecule has 7 atom stereocenters. The van der Waals surface area contributed by atoms with Gasteiger partial charge in [-0.15, -0.1) is 6.58 Å². The van der Waals surface area contributed by atoms with Gasteiger partial charge in [0.1, 0.15) is 42.7 Å². The van der Waals surface area contributed by atoms with Crippen LogP contribution in [0.15, 0.2) is 147 Å². The average molecular weight is 939 g/mol. The monoisotopic (exact) mass is 938 g/mol. The smallest absolute Gasteiger partial charge is 0.261 e. The van der Waals surface area contributed by atoms with Crippen LogP contribution in [-0.4, -0.2) is 109 Å². The van der Waals surface area contributed by atoms with E-state index < -0.39 is 70.9 Å². The number of carbonyl (C=O) groups excluding carboxylic acids is 1. The normalized spacial score (nSPS) is 22.1. The summed E-state index contributed by atoms with van der Waals surface area (Å²) in [6.07, 6.45) is -1.57. The Morgan fingerprint density at radius 1 is 0.606 bits per heavy atom. The summed E-state index contributed by atoms with van der Waals surface area (Å²) in [7, 11) is -2.42. The minimum atomic E-state index is -2.75. The highest BCUT2D eigenvalue weighted by Gasteiger charge is 2.55. The lowest BCUT2D eigenvalue weighted by molar-refractivity contribution is -0.164. The zero-order valence-electron chi connectivity index (χ0n) is 41.2. The fourth-order valence-corrected chi connectivity index (χ4v) is 18.7. The molecule has 2 aliphatic rings. The predicted molar refractivity (Wildman–Crippen MR) is 268 cm³/mol. The van der Waals surface area contributed by atoms with E-state index >= 15 is 0 Å². The first kappa shape index (κ1) is 53.1. The van der Waals surface area contributed by atoms with Crippen molar-refractivity contribution >= 4 is 43.2 Å². The zero-order valence-corrected chi connectivity index (χ0v) is 43.2. The first-order chi connectivity index (χ1) is 31.1. The fourth-order valence-electron chi connectivity index (χ4n) is 9.59. The van der Waals surface area contributed by atoms with Gasteiger partial charge in [0.2, 0.25) is 0 Å². The maximum absolute atomic E-state index is 12.5. The lowest BCUT2D eigenvalue weighted by Crippen LogP contribution is -2.67. The highest BCUT2D eigenvalue weighted by atomic mass is 28.4. The van der Waals surface area contributed by atoms with Gasteiger partial charge in [-0.2, -0.15) is 0 Å². The van der Waals surface area contributed by atoms with Crippen LogP contribution < -0.4 is 20.7 Å². The van der Waals surface area contributed by atoms with Crippen LogP contribution >= 0.6 is 0 Å². The summed E-state index contributed by atoms with van der Waals surface area (Å²) in [5.74, 6) is -1.91. The van der Waals surface area contributed by atoms with Crippen molar-refractivity contribution < 1.29 is 47.2 Å². The number of rotatable bonds is 18. The first-order valence-electron chi connectivity index (χ1n) is 22.8. The summed E-state index contributed by atoms with van der Waals surface area (Å²) in [6.45, 7) is 28.7. The molecule has 358 valence electrons. The largest absolute Gasteiger partial charge is 0.405 e. The van der Waals surface area contributed by atoms with E-state index in [1.165, 1.54) is 40.0 Å². The van der Waals surface area contributed by atoms with Crippen molar-refractivity contribution in [2.75, 3.05) is 27.4 Å². The average Bonchev–Trinajstić information content (AvgIpc) is 3.77. The molecular weight excluding hydrogens is 865 g/mol. The molecule has 4 aromatic rings. The molecule has 0 bridgehead atoms. The van der Waals surface area contributed by atoms with Crippen molar-refractivity contribution in [1.82, 2.24) is 0 Å². The van der Waals surface area contributed by atoms with Crippen molar-refractivity contribution in [3.63, 3.8) is 0 Å². The van der Waals surface area contributed by atoms with E-state index in [2.05, 4.69) is 152 Å². The molecule has 2 saturated heterocycles. The van der Waals surface area contributed by atoms with Gasteiger partial charge in [-0.1, -0.05) is 176 Å². The van der Waals surface area contributed by atoms with Crippen LogP contribution in [0.4, 0.5) is 0 Å². The molecule has 2 heterocycles. The SMILES string of the molecule is C=CC(=O)[C@H](OC)[C@H]1OC(C)(C)O[C@H]1CO[Si](c1ccccc1)(c1ccccc1)C(C)(C)C.C=C[C@H](O)[C@H](OC)[C@H]1OC(C)(C)O[C@H]1CO[Si](c1ccccc1)(c1ccccc1)C(C)(C)C. The molecule has 10 nitrogen and oxygen atoms in total. The Kier molecular flexibility index (Phi) is 17.7. The molecule has 4 aromatic carbocycles. The van der Waals surface area contributed by atoms with Crippen LogP contribution in [0.25, 0.3) is 0 Å². The van der Waals surface area contributed by atoms with Gasteiger partial charge in [0, 0.05) is 14.2 Å². The molecule has 2 fully saturated rings. The highest BCUT2D eigenvalue weighted by Crippen LogP contribution is 2.40. The zero-order chi connectivity index (χ0) is 48.6. The van der Waals surface area contributed by atoms with Gasteiger partial charge in [-0.25, -0.2) is 0 Å². The number of hydrogen-bond donors (Lipinski definition) is 1. The minimum absolute atomic E-state index is 0.151. The highest BCUT2D eigenvalue weighted by molar-refractivity contribution is 7.00. The Bertz CT molecular complexity index is 2060. The summed E-state index contributed by atoms with van der Waals surface area (Å²) in [6, 6.07) is 41.8. The van der Waals surface area contributed by atoms with Crippen LogP contribution in [0.5, 0.6) is 0 Å². The van der Waals surface area contributed by atoms with Crippen LogP contribution in [0.1, 0.15) is 69.2 Å². The third kappa shape index (κ3) is 11.7. The maximum atomic E-state index is 12.5. The number of hydrogen-bond acceptors (Lipinski definition) is 10. The van der Waals surface area contributed by atoms with E-state index in [0.717, 1.165) is 0 Å². The third-order valence-corrected chi connectivity index (χ3v) is 22.4. The number of aliphatic hydroxyl groups is 1. The Morgan fingerprint density at radius 2 is 0.939 bits per heavy atom. The van der Waals surface area contributed by atoms with Crippen LogP contribution in [0.2, 0.25) is 10.1 Å². The number of ether oxygens (including phenoxy) is 6. The van der Waals surface area contributed by atoms with E-state index in [0.29, 0.717) is 6.61 Å². The molecule has 12 heteroatoms. The van der Waals surface area contributed by atoms with Gasteiger partial charge in [-0.3, -0.25) is 4.79 Å². The number of aliphatic hydroxyl groups excluding tert-OH is 1. The van der Waals surface area contributed by atoms with Crippen molar-refractivity contribution in [1.29, 1.82) is 0 Å². The van der Waals surface area contributed by atoms with E-state index in [1.54, 1.807) is 7.11 Å². The molecule has 0 aliphatic carbocycles. The number of benzene rings is 4. The molecule has 0 spiro atoms. The van der Waals surface area contributed by atoms with E-state index in [1.807, 2.05) is 52.0 Å². The van der Waals surface area contributed by atoms with Gasteiger partial charge < -0.3 is 42.4 Å². The second-order valence-corrected chi connectivity index (χ2v) is 28.5.